The Balaban J connectivity index is 1.71. The highest BCUT2D eigenvalue weighted by Crippen LogP contribution is 2.28. The van der Waals surface area contributed by atoms with Crippen molar-refractivity contribution in [1.82, 2.24) is 24.8 Å². The van der Waals surface area contributed by atoms with Gasteiger partial charge >= 0.3 is 6.18 Å². The summed E-state index contributed by atoms with van der Waals surface area (Å²) >= 11 is 0. The van der Waals surface area contributed by atoms with Crippen LogP contribution >= 0.6 is 0 Å². The molecule has 1 aromatic carbocycles. The SMILES string of the molecule is Cc1cc2cc(C(=O)N(Cc3cnc(C(F)(F)F)cn3)C(C)c3ccc(F)cn3)ccc2nc1N. The summed E-state index contributed by atoms with van der Waals surface area (Å²) in [6, 6.07) is 8.72. The summed E-state index contributed by atoms with van der Waals surface area (Å²) in [5.41, 5.74) is 6.95. The van der Waals surface area contributed by atoms with Crippen molar-refractivity contribution < 1.29 is 22.4 Å². The smallest absolute Gasteiger partial charge is 0.383 e. The number of amides is 1. The predicted octanol–water partition coefficient (Wildman–Crippen LogP) is 4.87. The lowest BCUT2D eigenvalue weighted by molar-refractivity contribution is -0.141. The van der Waals surface area contributed by atoms with Crippen LogP contribution in [0.5, 0.6) is 0 Å². The first-order valence-electron chi connectivity index (χ1n) is 10.5. The number of fused-ring (bicyclic) bond motifs is 1. The lowest BCUT2D eigenvalue weighted by atomic mass is 10.1. The number of nitrogens with zero attached hydrogens (tertiary/aromatic N) is 5. The quantitative estimate of drug-likeness (QED) is 0.406. The van der Waals surface area contributed by atoms with E-state index in [2.05, 4.69) is 19.9 Å². The molecule has 7 nitrogen and oxygen atoms in total. The molecule has 0 radical (unpaired) electrons. The molecule has 0 spiro atoms. The fraction of sp³-hybridized carbons (Fsp3) is 0.208. The Labute approximate surface area is 197 Å². The van der Waals surface area contributed by atoms with Gasteiger partial charge in [-0.25, -0.2) is 14.4 Å². The van der Waals surface area contributed by atoms with Crippen LogP contribution in [-0.4, -0.2) is 30.7 Å². The van der Waals surface area contributed by atoms with Crippen LogP contribution in [0.3, 0.4) is 0 Å². The number of carbonyl (C=O) groups excluding carboxylic acids is 1. The Morgan fingerprint density at radius 3 is 2.46 bits per heavy atom. The van der Waals surface area contributed by atoms with Gasteiger partial charge in [-0.3, -0.25) is 14.8 Å². The third-order valence-corrected chi connectivity index (χ3v) is 5.53. The van der Waals surface area contributed by atoms with Crippen molar-refractivity contribution >= 4 is 22.6 Å². The molecule has 1 atom stereocenters. The summed E-state index contributed by atoms with van der Waals surface area (Å²) in [5, 5.41) is 0.699. The van der Waals surface area contributed by atoms with Crippen molar-refractivity contribution in [3.8, 4) is 0 Å². The number of hydrogen-bond acceptors (Lipinski definition) is 6. The molecule has 3 heterocycles. The van der Waals surface area contributed by atoms with E-state index in [1.165, 1.54) is 17.0 Å². The van der Waals surface area contributed by atoms with Crippen LogP contribution in [-0.2, 0) is 12.7 Å². The van der Waals surface area contributed by atoms with Crippen LogP contribution in [0.2, 0.25) is 0 Å². The maximum atomic E-state index is 13.6. The van der Waals surface area contributed by atoms with E-state index in [4.69, 9.17) is 5.73 Å². The van der Waals surface area contributed by atoms with Gasteiger partial charge in [0, 0.05) is 10.9 Å². The molecule has 3 aromatic heterocycles. The van der Waals surface area contributed by atoms with Gasteiger partial charge in [-0.1, -0.05) is 0 Å². The minimum Gasteiger partial charge on any atom is -0.383 e. The molecule has 0 saturated heterocycles. The van der Waals surface area contributed by atoms with Crippen LogP contribution in [0.4, 0.5) is 23.4 Å². The molecule has 180 valence electrons. The van der Waals surface area contributed by atoms with Crippen LogP contribution in [0.15, 0.2) is 55.0 Å². The molecular formula is C24H20F4N6O. The molecule has 0 fully saturated rings. The van der Waals surface area contributed by atoms with Gasteiger partial charge in [0.05, 0.1) is 48.1 Å². The van der Waals surface area contributed by atoms with E-state index in [-0.39, 0.29) is 12.2 Å². The number of halogens is 4. The van der Waals surface area contributed by atoms with Crippen LogP contribution in [0.1, 0.15) is 46.0 Å². The first-order chi connectivity index (χ1) is 16.5. The van der Waals surface area contributed by atoms with E-state index in [1.807, 2.05) is 6.07 Å². The second-order valence-corrected chi connectivity index (χ2v) is 8.00. The third kappa shape index (κ3) is 5.18. The normalized spacial score (nSPS) is 12.5. The van der Waals surface area contributed by atoms with Gasteiger partial charge in [-0.2, -0.15) is 13.2 Å². The number of benzene rings is 1. The number of carbonyl (C=O) groups is 1. The number of aromatic nitrogens is 4. The van der Waals surface area contributed by atoms with Crippen molar-refractivity contribution in [3.05, 3.63) is 89.0 Å². The highest BCUT2D eigenvalue weighted by Gasteiger charge is 2.33. The Hall–Kier alpha value is -4.15. The Morgan fingerprint density at radius 2 is 1.83 bits per heavy atom. The number of alkyl halides is 3. The molecule has 35 heavy (non-hydrogen) atoms. The summed E-state index contributed by atoms with van der Waals surface area (Å²) in [5.74, 6) is -0.583. The molecule has 1 amide bonds. The number of hydrogen-bond donors (Lipinski definition) is 1. The molecular weight excluding hydrogens is 464 g/mol. The van der Waals surface area contributed by atoms with Crippen LogP contribution < -0.4 is 5.73 Å². The minimum atomic E-state index is -4.63. The molecule has 4 rings (SSSR count). The number of nitrogens with two attached hydrogens (primary N) is 1. The molecule has 11 heteroatoms. The zero-order chi connectivity index (χ0) is 25.3. The Bertz CT molecular complexity index is 1370. The molecule has 2 N–H and O–H groups in total. The maximum absolute atomic E-state index is 13.6. The zero-order valence-electron chi connectivity index (χ0n) is 18.7. The average molecular weight is 484 g/mol. The van der Waals surface area contributed by atoms with E-state index < -0.39 is 29.6 Å². The second-order valence-electron chi connectivity index (χ2n) is 8.00. The van der Waals surface area contributed by atoms with Crippen LogP contribution in [0, 0.1) is 12.7 Å². The van der Waals surface area contributed by atoms with Gasteiger partial charge in [0.2, 0.25) is 0 Å². The molecule has 4 aromatic rings. The van der Waals surface area contributed by atoms with Gasteiger partial charge in [-0.05, 0) is 55.8 Å². The number of anilines is 1. The average Bonchev–Trinajstić information content (AvgIpc) is 2.82. The lowest BCUT2D eigenvalue weighted by Crippen LogP contribution is -2.34. The summed E-state index contributed by atoms with van der Waals surface area (Å²) in [4.78, 5) is 30.6. The Morgan fingerprint density at radius 1 is 1.06 bits per heavy atom. The zero-order valence-corrected chi connectivity index (χ0v) is 18.7. The van der Waals surface area contributed by atoms with Gasteiger partial charge in [0.1, 0.15) is 11.6 Å². The topological polar surface area (TPSA) is 97.9 Å². The fourth-order valence-corrected chi connectivity index (χ4v) is 3.53. The minimum absolute atomic E-state index is 0.145. The number of aryl methyl sites for hydroxylation is 1. The van der Waals surface area contributed by atoms with E-state index in [9.17, 15) is 22.4 Å². The summed E-state index contributed by atoms with van der Waals surface area (Å²) in [7, 11) is 0. The molecule has 0 aliphatic heterocycles. The van der Waals surface area contributed by atoms with Crippen molar-refractivity contribution in [2.75, 3.05) is 5.73 Å². The molecule has 1 unspecified atom stereocenters. The highest BCUT2D eigenvalue weighted by molar-refractivity contribution is 5.98. The van der Waals surface area contributed by atoms with Crippen molar-refractivity contribution in [3.63, 3.8) is 0 Å². The molecule has 0 bridgehead atoms. The third-order valence-electron chi connectivity index (χ3n) is 5.53. The Kier molecular flexibility index (Phi) is 6.33. The predicted molar refractivity (Wildman–Crippen MR) is 120 cm³/mol. The summed E-state index contributed by atoms with van der Waals surface area (Å²) in [6.07, 6.45) is -2.01. The van der Waals surface area contributed by atoms with Crippen molar-refractivity contribution in [2.45, 2.75) is 32.6 Å². The summed E-state index contributed by atoms with van der Waals surface area (Å²) < 4.78 is 52.0. The van der Waals surface area contributed by atoms with E-state index in [0.717, 1.165) is 18.0 Å². The summed E-state index contributed by atoms with van der Waals surface area (Å²) in [6.45, 7) is 3.33. The van der Waals surface area contributed by atoms with Gasteiger partial charge in [0.25, 0.3) is 5.91 Å². The first kappa shape index (κ1) is 24.0. The number of pyridine rings is 2. The molecule has 0 saturated carbocycles. The van der Waals surface area contributed by atoms with Gasteiger partial charge < -0.3 is 10.6 Å². The van der Waals surface area contributed by atoms with Gasteiger partial charge in [0.15, 0.2) is 5.69 Å². The highest BCUT2D eigenvalue weighted by atomic mass is 19.4. The van der Waals surface area contributed by atoms with Gasteiger partial charge in [-0.15, -0.1) is 0 Å². The fourth-order valence-electron chi connectivity index (χ4n) is 3.53. The lowest BCUT2D eigenvalue weighted by Gasteiger charge is -2.29. The maximum Gasteiger partial charge on any atom is 0.434 e. The first-order valence-corrected chi connectivity index (χ1v) is 10.5. The van der Waals surface area contributed by atoms with E-state index >= 15 is 0 Å². The van der Waals surface area contributed by atoms with Crippen molar-refractivity contribution in [1.29, 1.82) is 0 Å². The molecule has 0 aliphatic rings. The monoisotopic (exact) mass is 484 g/mol. The second kappa shape index (κ2) is 9.24. The van der Waals surface area contributed by atoms with Crippen molar-refractivity contribution in [2.24, 2.45) is 0 Å². The number of rotatable bonds is 5. The van der Waals surface area contributed by atoms with Crippen LogP contribution in [0.25, 0.3) is 10.9 Å². The standard InChI is InChI=1S/C24H20F4N6O/c1-13-7-16-8-15(3-5-20(16)33-22(13)29)23(35)34(14(2)19-6-4-17(25)9-31-19)12-18-10-32-21(11-30-18)24(26,27)28/h3-11,14H,12H2,1-2H3,(H2,29,33). The van der Waals surface area contributed by atoms with E-state index in [1.54, 1.807) is 32.0 Å². The van der Waals surface area contributed by atoms with E-state index in [0.29, 0.717) is 34.2 Å². The molecule has 0 aliphatic carbocycles. The number of nitrogen functional groups attached to an aromatic ring is 1. The largest absolute Gasteiger partial charge is 0.434 e.